The molecule has 1 aromatic carbocycles. The largest absolute Gasteiger partial charge is 0.208 e. The molecular weight excluding hydrogens is 292 g/mol. The van der Waals surface area contributed by atoms with E-state index in [9.17, 15) is 0 Å². The molecule has 0 aliphatic carbocycles. The first-order chi connectivity index (χ1) is 11.7. The highest BCUT2D eigenvalue weighted by Gasteiger charge is 2.04. The number of aryl methyl sites for hydroxylation is 4. The second kappa shape index (κ2) is 7.87. The van der Waals surface area contributed by atoms with E-state index in [1.165, 1.54) is 22.3 Å². The third-order valence-electron chi connectivity index (χ3n) is 4.51. The van der Waals surface area contributed by atoms with Crippen molar-refractivity contribution in [1.29, 1.82) is 0 Å². The Labute approximate surface area is 145 Å². The summed E-state index contributed by atoms with van der Waals surface area (Å²) in [4.78, 5) is 0. The van der Waals surface area contributed by atoms with Gasteiger partial charge in [-0.3, -0.25) is 0 Å². The van der Waals surface area contributed by atoms with Crippen LogP contribution in [-0.4, -0.2) is 0 Å². The molecule has 0 N–H and O–H groups in total. The van der Waals surface area contributed by atoms with Crippen molar-refractivity contribution >= 4 is 0 Å². The van der Waals surface area contributed by atoms with Gasteiger partial charge in [0.05, 0.1) is 0 Å². The Morgan fingerprint density at radius 1 is 0.625 bits per heavy atom. The van der Waals surface area contributed by atoms with Crippen molar-refractivity contribution in [3.05, 3.63) is 95.6 Å². The number of pyridine rings is 2. The molecule has 0 saturated carbocycles. The molecule has 0 amide bonds. The van der Waals surface area contributed by atoms with Crippen LogP contribution in [0.1, 0.15) is 29.2 Å². The molecule has 3 rings (SSSR count). The highest BCUT2D eigenvalue weighted by Crippen LogP contribution is 2.06. The Kier molecular flexibility index (Phi) is 5.37. The highest BCUT2D eigenvalue weighted by molar-refractivity contribution is 5.21. The van der Waals surface area contributed by atoms with Crippen molar-refractivity contribution in [3.8, 4) is 0 Å². The molecule has 0 spiro atoms. The maximum Gasteiger partial charge on any atom is 0.173 e. The standard InChI is InChI=1S/C22H26N2/c1-3-19-4-8-22(9-5-19)18-24-16-12-21(13-17-24)7-6-20-10-14-23(2)15-11-20/h4-5,8-17H,3,6-7,18H2,1-2H3/q+2. The van der Waals surface area contributed by atoms with Gasteiger partial charge in [0, 0.05) is 29.8 Å². The van der Waals surface area contributed by atoms with Crippen molar-refractivity contribution in [2.75, 3.05) is 0 Å². The SMILES string of the molecule is CCc1ccc(C[n+]2ccc(CCc3cc[n+](C)cc3)cc2)cc1. The molecule has 2 heteroatoms. The van der Waals surface area contributed by atoms with Crippen LogP contribution in [0.25, 0.3) is 0 Å². The lowest BCUT2D eigenvalue weighted by molar-refractivity contribution is -0.688. The number of benzene rings is 1. The van der Waals surface area contributed by atoms with Gasteiger partial charge >= 0.3 is 0 Å². The van der Waals surface area contributed by atoms with E-state index in [1.54, 1.807) is 0 Å². The predicted octanol–water partition coefficient (Wildman–Crippen LogP) is 3.19. The van der Waals surface area contributed by atoms with Crippen molar-refractivity contribution in [1.82, 2.24) is 0 Å². The second-order valence-corrected chi connectivity index (χ2v) is 6.42. The highest BCUT2D eigenvalue weighted by atomic mass is 14.9. The molecule has 2 aromatic heterocycles. The summed E-state index contributed by atoms with van der Waals surface area (Å²) in [6, 6.07) is 17.8. The van der Waals surface area contributed by atoms with Crippen LogP contribution in [0.15, 0.2) is 73.3 Å². The average molecular weight is 318 g/mol. The van der Waals surface area contributed by atoms with Crippen LogP contribution in [0.2, 0.25) is 0 Å². The first kappa shape index (κ1) is 16.4. The van der Waals surface area contributed by atoms with E-state index in [4.69, 9.17) is 0 Å². The second-order valence-electron chi connectivity index (χ2n) is 6.42. The first-order valence-electron chi connectivity index (χ1n) is 8.73. The Balaban J connectivity index is 1.57. The van der Waals surface area contributed by atoms with Crippen molar-refractivity contribution in [2.45, 2.75) is 32.7 Å². The maximum absolute atomic E-state index is 2.24. The molecular formula is C22H26N2+2. The zero-order valence-corrected chi connectivity index (χ0v) is 14.7. The average Bonchev–Trinajstić information content (AvgIpc) is 2.63. The molecule has 0 aliphatic rings. The topological polar surface area (TPSA) is 7.76 Å². The number of rotatable bonds is 6. The Hall–Kier alpha value is -2.48. The van der Waals surface area contributed by atoms with Crippen LogP contribution in [0.4, 0.5) is 0 Å². The summed E-state index contributed by atoms with van der Waals surface area (Å²) in [5.74, 6) is 0. The van der Waals surface area contributed by atoms with Gasteiger partial charge in [-0.05, 0) is 36.0 Å². The van der Waals surface area contributed by atoms with E-state index >= 15 is 0 Å². The van der Waals surface area contributed by atoms with E-state index in [1.807, 2.05) is 0 Å². The normalized spacial score (nSPS) is 10.8. The van der Waals surface area contributed by atoms with Gasteiger partial charge < -0.3 is 0 Å². The molecule has 3 aromatic rings. The molecule has 0 aliphatic heterocycles. The fraction of sp³-hybridized carbons (Fsp3) is 0.273. The summed E-state index contributed by atoms with van der Waals surface area (Å²) >= 11 is 0. The van der Waals surface area contributed by atoms with E-state index in [0.717, 1.165) is 25.8 Å². The number of aromatic nitrogens is 2. The molecule has 2 heterocycles. The van der Waals surface area contributed by atoms with Gasteiger partial charge in [-0.15, -0.1) is 0 Å². The molecule has 0 saturated heterocycles. The number of hydrogen-bond donors (Lipinski definition) is 0. The fourth-order valence-corrected chi connectivity index (χ4v) is 2.84. The van der Waals surface area contributed by atoms with Crippen LogP contribution in [0.3, 0.4) is 0 Å². The lowest BCUT2D eigenvalue weighted by atomic mass is 10.1. The molecule has 2 nitrogen and oxygen atoms in total. The van der Waals surface area contributed by atoms with E-state index in [-0.39, 0.29) is 0 Å². The van der Waals surface area contributed by atoms with Gasteiger partial charge in [0.2, 0.25) is 0 Å². The maximum atomic E-state index is 2.24. The third-order valence-corrected chi connectivity index (χ3v) is 4.51. The summed E-state index contributed by atoms with van der Waals surface area (Å²) in [6.45, 7) is 3.12. The molecule has 122 valence electrons. The minimum atomic E-state index is 0.930. The molecule has 0 atom stereocenters. The molecule has 0 radical (unpaired) electrons. The lowest BCUT2D eigenvalue weighted by Crippen LogP contribution is -2.33. The summed E-state index contributed by atoms with van der Waals surface area (Å²) in [5.41, 5.74) is 5.53. The Morgan fingerprint density at radius 2 is 1.12 bits per heavy atom. The van der Waals surface area contributed by atoms with Crippen LogP contribution >= 0.6 is 0 Å². The zero-order valence-electron chi connectivity index (χ0n) is 14.7. The zero-order chi connectivity index (χ0) is 16.8. The molecule has 0 bridgehead atoms. The van der Waals surface area contributed by atoms with Gasteiger partial charge in [0.1, 0.15) is 7.05 Å². The molecule has 24 heavy (non-hydrogen) atoms. The molecule has 0 unspecified atom stereocenters. The summed E-state index contributed by atoms with van der Waals surface area (Å²) in [7, 11) is 2.05. The number of hydrogen-bond acceptors (Lipinski definition) is 0. The van der Waals surface area contributed by atoms with Crippen molar-refractivity contribution < 1.29 is 9.13 Å². The van der Waals surface area contributed by atoms with Gasteiger partial charge in [-0.2, -0.15) is 0 Å². The summed E-state index contributed by atoms with van der Waals surface area (Å²) < 4.78 is 4.31. The van der Waals surface area contributed by atoms with Gasteiger partial charge in [-0.25, -0.2) is 9.13 Å². The smallest absolute Gasteiger partial charge is 0.173 e. The van der Waals surface area contributed by atoms with Crippen molar-refractivity contribution in [3.63, 3.8) is 0 Å². The van der Waals surface area contributed by atoms with E-state index in [2.05, 4.69) is 96.4 Å². The minimum absolute atomic E-state index is 0.930. The van der Waals surface area contributed by atoms with Crippen molar-refractivity contribution in [2.24, 2.45) is 7.05 Å². The number of nitrogens with zero attached hydrogens (tertiary/aromatic N) is 2. The van der Waals surface area contributed by atoms with Crippen LogP contribution < -0.4 is 9.13 Å². The monoisotopic (exact) mass is 318 g/mol. The fourth-order valence-electron chi connectivity index (χ4n) is 2.84. The van der Waals surface area contributed by atoms with Crippen LogP contribution in [0.5, 0.6) is 0 Å². The first-order valence-corrected chi connectivity index (χ1v) is 8.73. The van der Waals surface area contributed by atoms with E-state index < -0.39 is 0 Å². The lowest BCUT2D eigenvalue weighted by Gasteiger charge is -2.03. The quantitative estimate of drug-likeness (QED) is 0.617. The van der Waals surface area contributed by atoms with Gasteiger partial charge in [-0.1, -0.05) is 31.2 Å². The summed E-state index contributed by atoms with van der Waals surface area (Å²) in [5, 5.41) is 0. The van der Waals surface area contributed by atoms with Gasteiger partial charge in [0.25, 0.3) is 0 Å². The Bertz CT molecular complexity index is 757. The minimum Gasteiger partial charge on any atom is -0.208 e. The third kappa shape index (κ3) is 4.51. The molecule has 0 fully saturated rings. The van der Waals surface area contributed by atoms with Gasteiger partial charge in [0.15, 0.2) is 31.3 Å². The van der Waals surface area contributed by atoms with Crippen LogP contribution in [-0.2, 0) is 32.9 Å². The van der Waals surface area contributed by atoms with Crippen LogP contribution in [0, 0.1) is 0 Å². The Morgan fingerprint density at radius 3 is 1.67 bits per heavy atom. The van der Waals surface area contributed by atoms with E-state index in [0.29, 0.717) is 0 Å². The summed E-state index contributed by atoms with van der Waals surface area (Å²) in [6.07, 6.45) is 11.9. The predicted molar refractivity (Wildman–Crippen MR) is 96.6 cm³/mol.